The molecule has 0 aliphatic heterocycles. The molecule has 12 heteroatoms. The number of fused-ring (bicyclic) bond motifs is 1. The fourth-order valence-corrected chi connectivity index (χ4v) is 5.29. The first-order valence-corrected chi connectivity index (χ1v) is 11.5. The van der Waals surface area contributed by atoms with Crippen LogP contribution in [-0.4, -0.2) is 48.3 Å². The maximum Gasteiger partial charge on any atom is 0.269 e. The zero-order valence-electron chi connectivity index (χ0n) is 17.5. The van der Waals surface area contributed by atoms with E-state index in [0.29, 0.717) is 34.0 Å². The number of nitrogens with two attached hydrogens (primary N) is 1. The van der Waals surface area contributed by atoms with Gasteiger partial charge in [-0.15, -0.1) is 11.3 Å². The summed E-state index contributed by atoms with van der Waals surface area (Å²) in [6, 6.07) is -0.638. The Kier molecular flexibility index (Phi) is 5.42. The number of hydrogen-bond acceptors (Lipinski definition) is 6. The van der Waals surface area contributed by atoms with E-state index in [4.69, 9.17) is 17.3 Å². The highest BCUT2D eigenvalue weighted by atomic mass is 35.5. The number of carbonyl (C=O) groups is 1. The van der Waals surface area contributed by atoms with Crippen LogP contribution in [0.5, 0.6) is 0 Å². The van der Waals surface area contributed by atoms with Crippen LogP contribution in [-0.2, 0) is 7.05 Å². The van der Waals surface area contributed by atoms with Gasteiger partial charge < -0.3 is 11.1 Å². The molecule has 3 N–H and O–H groups in total. The van der Waals surface area contributed by atoms with Crippen molar-refractivity contribution in [1.29, 1.82) is 0 Å². The van der Waals surface area contributed by atoms with Gasteiger partial charge >= 0.3 is 0 Å². The van der Waals surface area contributed by atoms with Crippen molar-refractivity contribution in [3.63, 3.8) is 0 Å². The fourth-order valence-electron chi connectivity index (χ4n) is 4.08. The van der Waals surface area contributed by atoms with Crippen molar-refractivity contribution in [1.82, 2.24) is 29.7 Å². The van der Waals surface area contributed by atoms with Gasteiger partial charge in [-0.1, -0.05) is 11.6 Å². The van der Waals surface area contributed by atoms with E-state index >= 15 is 0 Å². The summed E-state index contributed by atoms with van der Waals surface area (Å²) in [7, 11) is 1.83. The largest absolute Gasteiger partial charge is 0.341 e. The molecule has 172 valence electrons. The van der Waals surface area contributed by atoms with Crippen molar-refractivity contribution in [3.05, 3.63) is 46.3 Å². The second-order valence-corrected chi connectivity index (χ2v) is 9.79. The van der Waals surface area contributed by atoms with Crippen LogP contribution in [0.2, 0.25) is 4.34 Å². The number of hydrogen-bond donors (Lipinski definition) is 2. The van der Waals surface area contributed by atoms with E-state index in [9.17, 15) is 13.6 Å². The quantitative estimate of drug-likeness (QED) is 0.452. The van der Waals surface area contributed by atoms with E-state index in [0.717, 1.165) is 22.5 Å². The first-order chi connectivity index (χ1) is 15.7. The van der Waals surface area contributed by atoms with Gasteiger partial charge in [-0.2, -0.15) is 10.2 Å². The first kappa shape index (κ1) is 21.9. The molecular formula is C21H20ClF2N7OS. The molecule has 1 amide bonds. The predicted molar refractivity (Wildman–Crippen MR) is 122 cm³/mol. The second kappa shape index (κ2) is 8.15. The minimum atomic E-state index is -3.05. The van der Waals surface area contributed by atoms with E-state index in [1.54, 1.807) is 33.9 Å². The summed E-state index contributed by atoms with van der Waals surface area (Å²) in [4.78, 5) is 17.5. The van der Waals surface area contributed by atoms with E-state index in [1.165, 1.54) is 0 Å². The number of carbonyl (C=O) groups excluding carboxylic acids is 1. The molecule has 5 rings (SSSR count). The van der Waals surface area contributed by atoms with Gasteiger partial charge in [-0.05, 0) is 18.9 Å². The number of aryl methyl sites for hydroxylation is 1. The lowest BCUT2D eigenvalue weighted by molar-refractivity contribution is -0.0674. The smallest absolute Gasteiger partial charge is 0.269 e. The molecule has 0 bridgehead atoms. The number of aromatic nitrogens is 5. The third kappa shape index (κ3) is 4.00. The van der Waals surface area contributed by atoms with Crippen LogP contribution in [0, 0.1) is 0 Å². The Morgan fingerprint density at radius 2 is 2.03 bits per heavy atom. The van der Waals surface area contributed by atoms with Gasteiger partial charge in [0.25, 0.3) is 11.8 Å². The van der Waals surface area contributed by atoms with Gasteiger partial charge in [0.2, 0.25) is 0 Å². The standard InChI is InChI=1S/C21H20ClF2N7OS/c1-30-9-12(7-27-30)11-6-26-19-14(8-28-31(19)10-11)13-5-16(33-18(13)22)20(32)29-17-15(25)3-2-4-21(17,23)24/h5-10,15,17H,2-4,25H2,1H3,(H,29,32)/t15-,17-/m1/s1. The molecular weight excluding hydrogens is 472 g/mol. The lowest BCUT2D eigenvalue weighted by atomic mass is 9.87. The maximum atomic E-state index is 14.3. The minimum Gasteiger partial charge on any atom is -0.341 e. The summed E-state index contributed by atoms with van der Waals surface area (Å²) in [5.74, 6) is -3.67. The molecule has 1 fully saturated rings. The first-order valence-electron chi connectivity index (χ1n) is 10.3. The highest BCUT2D eigenvalue weighted by molar-refractivity contribution is 7.18. The Morgan fingerprint density at radius 3 is 2.76 bits per heavy atom. The molecule has 8 nitrogen and oxygen atoms in total. The molecule has 33 heavy (non-hydrogen) atoms. The average molecular weight is 492 g/mol. The molecule has 4 aromatic rings. The van der Waals surface area contributed by atoms with Crippen LogP contribution in [0.15, 0.2) is 37.1 Å². The number of rotatable bonds is 4. The predicted octanol–water partition coefficient (Wildman–Crippen LogP) is 3.76. The number of amides is 1. The van der Waals surface area contributed by atoms with Crippen molar-refractivity contribution in [2.45, 2.75) is 37.3 Å². The molecule has 0 saturated heterocycles. The summed E-state index contributed by atoms with van der Waals surface area (Å²) in [6.45, 7) is 0. The minimum absolute atomic E-state index is 0.218. The lowest BCUT2D eigenvalue weighted by Crippen LogP contribution is -2.59. The van der Waals surface area contributed by atoms with Crippen LogP contribution in [0.25, 0.3) is 27.9 Å². The van der Waals surface area contributed by atoms with Crippen LogP contribution < -0.4 is 11.1 Å². The zero-order chi connectivity index (χ0) is 23.3. The fraction of sp³-hybridized carbons (Fsp3) is 0.333. The maximum absolute atomic E-state index is 14.3. The van der Waals surface area contributed by atoms with Crippen molar-refractivity contribution < 1.29 is 13.6 Å². The van der Waals surface area contributed by atoms with Crippen LogP contribution in [0.4, 0.5) is 8.78 Å². The number of nitrogens with one attached hydrogen (secondary N) is 1. The summed E-state index contributed by atoms with van der Waals surface area (Å²) in [5, 5.41) is 10.9. The molecule has 2 atom stereocenters. The van der Waals surface area contributed by atoms with Crippen LogP contribution in [0.1, 0.15) is 28.9 Å². The Labute approximate surface area is 196 Å². The average Bonchev–Trinajstić information content (AvgIpc) is 3.48. The number of nitrogens with zero attached hydrogens (tertiary/aromatic N) is 5. The van der Waals surface area contributed by atoms with Crippen LogP contribution in [0.3, 0.4) is 0 Å². The van der Waals surface area contributed by atoms with Crippen molar-refractivity contribution in [3.8, 4) is 22.3 Å². The molecule has 1 saturated carbocycles. The highest BCUT2D eigenvalue weighted by Gasteiger charge is 2.46. The van der Waals surface area contributed by atoms with Crippen molar-refractivity contribution >= 4 is 34.5 Å². The summed E-state index contributed by atoms with van der Waals surface area (Å²) < 4.78 is 32.2. The van der Waals surface area contributed by atoms with E-state index in [1.807, 2.05) is 19.4 Å². The molecule has 0 unspecified atom stereocenters. The Morgan fingerprint density at radius 1 is 1.24 bits per heavy atom. The van der Waals surface area contributed by atoms with Gasteiger partial charge in [0.05, 0.1) is 17.3 Å². The molecule has 1 aliphatic rings. The van der Waals surface area contributed by atoms with Crippen molar-refractivity contribution in [2.75, 3.05) is 0 Å². The molecule has 0 spiro atoms. The van der Waals surface area contributed by atoms with E-state index in [2.05, 4.69) is 20.5 Å². The van der Waals surface area contributed by atoms with Crippen molar-refractivity contribution in [2.24, 2.45) is 12.8 Å². The monoisotopic (exact) mass is 491 g/mol. The zero-order valence-corrected chi connectivity index (χ0v) is 19.1. The molecule has 4 aromatic heterocycles. The van der Waals surface area contributed by atoms with Gasteiger partial charge in [0.1, 0.15) is 10.4 Å². The highest BCUT2D eigenvalue weighted by Crippen LogP contribution is 2.38. The second-order valence-electron chi connectivity index (χ2n) is 8.14. The Bertz CT molecular complexity index is 1350. The molecule has 1 aliphatic carbocycles. The molecule has 0 radical (unpaired) electrons. The SMILES string of the molecule is Cn1cc(-c2cnc3c(-c4cc(C(=O)N[C@@H]5[C@H](N)CCCC5(F)F)sc4Cl)cnn3c2)cn1. The van der Waals surface area contributed by atoms with Gasteiger partial charge in [-0.3, -0.25) is 9.48 Å². The number of thiophene rings is 1. The van der Waals surface area contributed by atoms with Crippen LogP contribution >= 0.6 is 22.9 Å². The molecule has 0 aromatic carbocycles. The van der Waals surface area contributed by atoms with E-state index < -0.39 is 23.9 Å². The number of halogens is 3. The van der Waals surface area contributed by atoms with Gasteiger partial charge in [0.15, 0.2) is 5.65 Å². The third-order valence-corrected chi connectivity index (χ3v) is 7.17. The van der Waals surface area contributed by atoms with Gasteiger partial charge in [0, 0.05) is 60.4 Å². The third-order valence-electron chi connectivity index (χ3n) is 5.81. The topological polar surface area (TPSA) is 103 Å². The van der Waals surface area contributed by atoms with E-state index in [-0.39, 0.29) is 11.3 Å². The molecule has 4 heterocycles. The summed E-state index contributed by atoms with van der Waals surface area (Å²) in [6.07, 6.45) is 9.21. The van der Waals surface area contributed by atoms with Gasteiger partial charge in [-0.25, -0.2) is 18.3 Å². The lowest BCUT2D eigenvalue weighted by Gasteiger charge is -2.36. The summed E-state index contributed by atoms with van der Waals surface area (Å²) >= 11 is 7.44. The number of alkyl halides is 2. The summed E-state index contributed by atoms with van der Waals surface area (Å²) in [5.41, 5.74) is 9.35. The Hall–Kier alpha value is -2.89. The normalized spacial score (nSPS) is 20.3. The Balaban J connectivity index is 1.43.